The molecule has 16 heteroatoms. The van der Waals surface area contributed by atoms with E-state index in [1.54, 1.807) is 0 Å². The van der Waals surface area contributed by atoms with Crippen molar-refractivity contribution in [1.29, 1.82) is 0 Å². The van der Waals surface area contributed by atoms with E-state index < -0.39 is 81.8 Å². The SMILES string of the molecule is CCCCOC(=O)C(C(=O)OCCCC)[C@]12CC[C@@]3(C)C(C[C@@H](O)[C@H]4[C@@H]5CC[C@H]([C@@H](C)CC(=O)NCc6ccc(cc6)[C@@]6(C(C(=O)OCCCC)C(=O)OCCCC)CC[C@@]7(C)C(C[C@@H](O)[C@H]8[C@@H]9CC[C@H]([C@@H](C)CC(=O)NCc%10ccc1cc%10)[C@@]9(C)[C@H](O)C[C@@H]87)C6)[C@@]5(C)[C@H](O)C[C@@H]43)C2. The molecule has 7 aliphatic heterocycles. The van der Waals surface area contributed by atoms with Gasteiger partial charge in [0.1, 0.15) is 0 Å². The fourth-order valence-corrected chi connectivity index (χ4v) is 23.8. The van der Waals surface area contributed by atoms with Crippen LogP contribution in [-0.2, 0) is 71.6 Å². The van der Waals surface area contributed by atoms with Gasteiger partial charge in [-0.2, -0.15) is 0 Å². The van der Waals surface area contributed by atoms with Crippen LogP contribution in [0.3, 0.4) is 0 Å². The molecule has 8 fully saturated rings. The van der Waals surface area contributed by atoms with Gasteiger partial charge in [0.2, 0.25) is 11.8 Å². The molecule has 0 aromatic heterocycles. The van der Waals surface area contributed by atoms with Crippen molar-refractivity contribution in [3.05, 3.63) is 70.8 Å². The van der Waals surface area contributed by atoms with E-state index in [9.17, 15) is 49.2 Å². The Morgan fingerprint density at radius 1 is 0.459 bits per heavy atom. The van der Waals surface area contributed by atoms with Gasteiger partial charge in [-0.05, 0) is 231 Å². The van der Waals surface area contributed by atoms with Crippen molar-refractivity contribution in [2.24, 2.45) is 105 Å². The number of fused-ring (bicyclic) bond motifs is 2. The van der Waals surface area contributed by atoms with Crippen molar-refractivity contribution >= 4 is 35.7 Å². The number of benzene rings is 2. The predicted octanol–water partition coefficient (Wildman–Crippen LogP) is 13.0. The first-order chi connectivity index (χ1) is 46.8. The highest BCUT2D eigenvalue weighted by Gasteiger charge is 2.70. The Hall–Kier alpha value is -4.90. The predicted molar refractivity (Wildman–Crippen MR) is 374 cm³/mol. The Balaban J connectivity index is 0.935. The number of aliphatic hydroxyl groups is 4. The first-order valence-corrected chi connectivity index (χ1v) is 38.9. The lowest BCUT2D eigenvalue weighted by atomic mass is 9.40. The largest absolute Gasteiger partial charge is 0.465 e. The highest BCUT2D eigenvalue weighted by atomic mass is 16.6. The summed E-state index contributed by atoms with van der Waals surface area (Å²) in [5.41, 5.74) is -0.598. The smallest absolute Gasteiger partial charge is 0.321 e. The normalized spacial score (nSPS) is 39.9. The summed E-state index contributed by atoms with van der Waals surface area (Å²) in [6.45, 7) is 22.7. The van der Waals surface area contributed by atoms with Crippen molar-refractivity contribution < 1.29 is 68.1 Å². The molecule has 2 unspecified atom stereocenters. The van der Waals surface area contributed by atoms with Crippen molar-refractivity contribution in [3.63, 3.8) is 0 Å². The number of carbonyl (C=O) groups excluding carboxylic acids is 6. The fraction of sp³-hybridized carbons (Fsp3) is 0.780. The van der Waals surface area contributed by atoms with Crippen LogP contribution in [0.15, 0.2) is 48.5 Å². The van der Waals surface area contributed by atoms with E-state index in [1.807, 2.05) is 76.2 Å². The first kappa shape index (κ1) is 74.3. The summed E-state index contributed by atoms with van der Waals surface area (Å²) in [5, 5.41) is 57.8. The van der Waals surface area contributed by atoms with E-state index >= 15 is 0 Å². The summed E-state index contributed by atoms with van der Waals surface area (Å²) in [4.78, 5) is 88.0. The van der Waals surface area contributed by atoms with E-state index in [1.165, 1.54) is 0 Å². The number of hydrogen-bond acceptors (Lipinski definition) is 14. The lowest BCUT2D eigenvalue weighted by molar-refractivity contribution is -0.209. The molecule has 0 spiro atoms. The molecule has 2 amide bonds. The number of rotatable bonds is 18. The molecular weight excluding hydrogens is 1240 g/mol. The second-order valence-corrected chi connectivity index (χ2v) is 34.2. The third-order valence-corrected chi connectivity index (χ3v) is 29.4. The molecule has 8 aliphatic carbocycles. The second kappa shape index (κ2) is 30.2. The average molecular weight is 1360 g/mol. The van der Waals surface area contributed by atoms with Crippen LogP contribution in [0.25, 0.3) is 0 Å². The number of nitrogens with one attached hydrogen (secondary N) is 2. The molecule has 16 nitrogen and oxygen atoms in total. The summed E-state index contributed by atoms with van der Waals surface area (Å²) in [7, 11) is 0. The summed E-state index contributed by atoms with van der Waals surface area (Å²) in [6, 6.07) is 16.0. The van der Waals surface area contributed by atoms with Crippen LogP contribution < -0.4 is 10.6 Å². The summed E-state index contributed by atoms with van der Waals surface area (Å²) in [6.07, 6.45) is 11.8. The molecule has 14 bridgehead atoms. The summed E-state index contributed by atoms with van der Waals surface area (Å²) in [5.74, 6) is -5.76. The topological polar surface area (TPSA) is 244 Å². The van der Waals surface area contributed by atoms with Gasteiger partial charge in [0.15, 0.2) is 11.8 Å². The van der Waals surface area contributed by atoms with Gasteiger partial charge in [0.25, 0.3) is 0 Å². The Kier molecular flexibility index (Phi) is 22.9. The minimum Gasteiger partial charge on any atom is -0.465 e. The summed E-state index contributed by atoms with van der Waals surface area (Å²) >= 11 is 0. The Morgan fingerprint density at radius 2 is 0.776 bits per heavy atom. The number of ether oxygens (including phenoxy) is 4. The van der Waals surface area contributed by atoms with Gasteiger partial charge in [-0.3, -0.25) is 28.8 Å². The van der Waals surface area contributed by atoms with Gasteiger partial charge >= 0.3 is 23.9 Å². The van der Waals surface area contributed by atoms with Gasteiger partial charge < -0.3 is 50.0 Å². The molecule has 0 saturated heterocycles. The number of unbranched alkanes of at least 4 members (excludes halogenated alkanes) is 4. The van der Waals surface area contributed by atoms with Crippen LogP contribution in [0.1, 0.15) is 246 Å². The minimum absolute atomic E-state index is 0.00580. The van der Waals surface area contributed by atoms with Gasteiger partial charge in [-0.15, -0.1) is 0 Å². The zero-order valence-electron chi connectivity index (χ0n) is 61.1. The lowest BCUT2D eigenvalue weighted by Gasteiger charge is -2.65. The number of aliphatic hydroxyl groups excluding tert-OH is 4. The van der Waals surface area contributed by atoms with Crippen molar-refractivity contribution in [2.75, 3.05) is 26.4 Å². The Bertz CT molecular complexity index is 2890. The maximum Gasteiger partial charge on any atom is 0.321 e. The summed E-state index contributed by atoms with van der Waals surface area (Å²) < 4.78 is 24.2. The highest BCUT2D eigenvalue weighted by Crippen LogP contribution is 2.73. The van der Waals surface area contributed by atoms with Gasteiger partial charge in [-0.25, -0.2) is 0 Å². The van der Waals surface area contributed by atoms with E-state index in [-0.39, 0.29) is 146 Å². The van der Waals surface area contributed by atoms with Crippen LogP contribution in [0.2, 0.25) is 0 Å². The molecule has 2 aromatic rings. The van der Waals surface area contributed by atoms with Gasteiger partial charge in [0.05, 0.1) is 50.8 Å². The zero-order chi connectivity index (χ0) is 70.3. The van der Waals surface area contributed by atoms with E-state index in [0.29, 0.717) is 89.9 Å². The van der Waals surface area contributed by atoms with Crippen molar-refractivity contribution in [1.82, 2.24) is 10.6 Å². The van der Waals surface area contributed by atoms with Gasteiger partial charge in [0, 0.05) is 36.8 Å². The molecule has 15 aliphatic rings. The lowest BCUT2D eigenvalue weighted by Crippen LogP contribution is -2.64. The number of amides is 2. The molecule has 8 saturated carbocycles. The maximum atomic E-state index is 14.8. The number of esters is 4. The molecule has 22 atom stereocenters. The molecule has 7 heterocycles. The molecule has 0 radical (unpaired) electrons. The standard InChI is InChI=1S/C82H122N2O14/c1-11-15-35-95-73(91)71(74(92)96-36-16-12-2)81-33-31-77(7)55(45-81)41-63(85)69-59-29-27-57(79(59,9)65(87)43-61(69)77)50(6)40-68(90)84-48-52-21-25-54(26-22-52)82(72(75(93)97-37-17-13-3)76(94)98-38-18-14-4)34-32-78(8)56(46-82)42-64(86)70-60-30-28-58(80(60,10)66(88)44-62(70)78)49(5)39-67(89)83-47-51-19-23-53(81)24-20-51/h19-26,49-50,55-66,69-72,85-88H,11-18,27-48H2,1-10H3,(H,83,89)(H,84,90)/t49-,50-,55?,56?,57+,58+,59-,60-,61-,62-,63+,64+,65+,66+,69-,70-,77-,78-,79+,80+,81-,82+/m0/s1. The van der Waals surface area contributed by atoms with Crippen LogP contribution in [0.4, 0.5) is 0 Å². The molecule has 2 aromatic carbocycles. The zero-order valence-corrected chi connectivity index (χ0v) is 61.1. The van der Waals surface area contributed by atoms with Crippen LogP contribution in [0, 0.1) is 105 Å². The molecule has 98 heavy (non-hydrogen) atoms. The fourth-order valence-electron chi connectivity index (χ4n) is 23.8. The van der Waals surface area contributed by atoms with Crippen LogP contribution >= 0.6 is 0 Å². The highest BCUT2D eigenvalue weighted by molar-refractivity contribution is 5.98. The second-order valence-electron chi connectivity index (χ2n) is 34.2. The van der Waals surface area contributed by atoms with Crippen molar-refractivity contribution in [2.45, 2.75) is 272 Å². The monoisotopic (exact) mass is 1360 g/mol. The first-order valence-electron chi connectivity index (χ1n) is 38.9. The molecule has 6 N–H and O–H groups in total. The Labute approximate surface area is 585 Å². The van der Waals surface area contributed by atoms with Crippen LogP contribution in [0.5, 0.6) is 0 Å². The number of carbonyl (C=O) groups is 6. The van der Waals surface area contributed by atoms with E-state index in [2.05, 4.69) is 52.2 Å². The number of hydrogen-bond donors (Lipinski definition) is 6. The Morgan fingerprint density at radius 3 is 1.09 bits per heavy atom. The maximum absolute atomic E-state index is 14.8. The quantitative estimate of drug-likeness (QED) is 0.0352. The molecule has 544 valence electrons. The minimum atomic E-state index is -1.27. The van der Waals surface area contributed by atoms with Crippen molar-refractivity contribution in [3.8, 4) is 0 Å². The molecule has 17 rings (SSSR count). The van der Waals surface area contributed by atoms with E-state index in [4.69, 9.17) is 18.9 Å². The third kappa shape index (κ3) is 13.4. The van der Waals surface area contributed by atoms with Crippen LogP contribution in [-0.4, -0.2) is 107 Å². The third-order valence-electron chi connectivity index (χ3n) is 29.4. The molecular formula is C82H122N2O14. The average Bonchev–Trinajstić information content (AvgIpc) is 1.30. The van der Waals surface area contributed by atoms with Gasteiger partial charge in [-0.1, -0.05) is 143 Å². The van der Waals surface area contributed by atoms with E-state index in [0.717, 1.165) is 73.6 Å².